The van der Waals surface area contributed by atoms with Crippen LogP contribution >= 0.6 is 0 Å². The summed E-state index contributed by atoms with van der Waals surface area (Å²) < 4.78 is 49.1. The van der Waals surface area contributed by atoms with Crippen LogP contribution in [0.3, 0.4) is 0 Å². The highest BCUT2D eigenvalue weighted by Gasteiger charge is 2.31. The molecule has 7 heteroatoms. The average Bonchev–Trinajstić information content (AvgIpc) is 2.21. The molecule has 1 rings (SSSR count). The average molecular weight is 265 g/mol. The summed E-state index contributed by atoms with van der Waals surface area (Å²) >= 11 is 0. The lowest BCUT2D eigenvalue weighted by atomic mass is 10.0. The first-order chi connectivity index (χ1) is 8.20. The molecule has 1 aromatic carbocycles. The highest BCUT2D eigenvalue weighted by atomic mass is 19.4. The fraction of sp³-hybridized carbons (Fsp3) is 0.364. The predicted molar refractivity (Wildman–Crippen MR) is 55.6 cm³/mol. The molecule has 100 valence electrons. The van der Waals surface area contributed by atoms with Crippen molar-refractivity contribution in [2.45, 2.75) is 19.1 Å². The van der Waals surface area contributed by atoms with Crippen molar-refractivity contribution in [3.63, 3.8) is 0 Å². The maximum atomic E-state index is 13.0. The van der Waals surface area contributed by atoms with Crippen LogP contribution in [0.2, 0.25) is 0 Å². The van der Waals surface area contributed by atoms with E-state index in [9.17, 15) is 22.4 Å². The molecule has 0 aromatic heterocycles. The number of nitrogens with one attached hydrogen (secondary N) is 1. The van der Waals surface area contributed by atoms with E-state index in [1.165, 1.54) is 13.0 Å². The molecule has 0 aliphatic rings. The molecule has 0 spiro atoms. The summed E-state index contributed by atoms with van der Waals surface area (Å²) in [6.45, 7) is 0.0416. The van der Waals surface area contributed by atoms with E-state index < -0.39 is 30.5 Å². The van der Waals surface area contributed by atoms with Gasteiger partial charge in [-0.3, -0.25) is 10.1 Å². The number of hydrogen-bond donors (Lipinski definition) is 2. The number of carbonyl (C=O) groups is 1. The van der Waals surface area contributed by atoms with Gasteiger partial charge in [0.1, 0.15) is 11.9 Å². The summed E-state index contributed by atoms with van der Waals surface area (Å²) in [4.78, 5) is 10.9. The van der Waals surface area contributed by atoms with E-state index in [1.54, 1.807) is 0 Å². The van der Waals surface area contributed by atoms with Gasteiger partial charge in [0, 0.05) is 0 Å². The maximum absolute atomic E-state index is 13.0. The van der Waals surface area contributed by atoms with Crippen LogP contribution in [0, 0.1) is 12.7 Å². The second-order valence-electron chi connectivity index (χ2n) is 3.77. The molecule has 0 amide bonds. The van der Waals surface area contributed by atoms with Crippen molar-refractivity contribution in [2.75, 3.05) is 6.54 Å². The molecule has 0 radical (unpaired) electrons. The monoisotopic (exact) mass is 265 g/mol. The van der Waals surface area contributed by atoms with Gasteiger partial charge in [0.25, 0.3) is 0 Å². The Balaban J connectivity index is 2.98. The second kappa shape index (κ2) is 5.34. The molecule has 1 atom stereocenters. The van der Waals surface area contributed by atoms with Gasteiger partial charge in [0.15, 0.2) is 0 Å². The van der Waals surface area contributed by atoms with Gasteiger partial charge in [-0.15, -0.1) is 0 Å². The number of carboxylic acid groups (broad SMARTS) is 1. The number of alkyl halides is 3. The quantitative estimate of drug-likeness (QED) is 0.822. The highest BCUT2D eigenvalue weighted by molar-refractivity contribution is 5.76. The first kappa shape index (κ1) is 14.4. The number of rotatable bonds is 4. The van der Waals surface area contributed by atoms with Gasteiger partial charge < -0.3 is 5.11 Å². The van der Waals surface area contributed by atoms with Crippen molar-refractivity contribution in [1.82, 2.24) is 5.32 Å². The van der Waals surface area contributed by atoms with Crippen molar-refractivity contribution in [2.24, 2.45) is 0 Å². The van der Waals surface area contributed by atoms with E-state index in [0.717, 1.165) is 12.1 Å². The predicted octanol–water partition coefficient (Wildman–Crippen LogP) is 2.41. The standard InChI is InChI=1S/C11H11F4NO2/c1-6-2-3-7(12)4-8(6)9(10(17)18)16-5-11(13,14)15/h2-4,9,16H,5H2,1H3,(H,17,18). The number of benzene rings is 1. The third-order valence-corrected chi connectivity index (χ3v) is 2.31. The van der Waals surface area contributed by atoms with E-state index in [2.05, 4.69) is 0 Å². The first-order valence-corrected chi connectivity index (χ1v) is 4.99. The second-order valence-corrected chi connectivity index (χ2v) is 3.77. The van der Waals surface area contributed by atoms with Crippen LogP contribution in [0.25, 0.3) is 0 Å². The Morgan fingerprint density at radius 1 is 1.44 bits per heavy atom. The Labute approximate surface area is 100 Å². The van der Waals surface area contributed by atoms with E-state index in [4.69, 9.17) is 5.11 Å². The zero-order valence-electron chi connectivity index (χ0n) is 9.38. The van der Waals surface area contributed by atoms with Crippen LogP contribution in [0.1, 0.15) is 17.2 Å². The third kappa shape index (κ3) is 3.99. The summed E-state index contributed by atoms with van der Waals surface area (Å²) in [6.07, 6.45) is -4.53. The minimum atomic E-state index is -4.53. The molecule has 0 bridgehead atoms. The maximum Gasteiger partial charge on any atom is 0.401 e. The lowest BCUT2D eigenvalue weighted by Gasteiger charge is -2.18. The fourth-order valence-electron chi connectivity index (χ4n) is 1.47. The van der Waals surface area contributed by atoms with Crippen molar-refractivity contribution in [1.29, 1.82) is 0 Å². The van der Waals surface area contributed by atoms with Crippen molar-refractivity contribution in [3.05, 3.63) is 35.1 Å². The van der Waals surface area contributed by atoms with Crippen LogP contribution in [-0.2, 0) is 4.79 Å². The Kier molecular flexibility index (Phi) is 4.28. The molecule has 0 saturated heterocycles. The fourth-order valence-corrected chi connectivity index (χ4v) is 1.47. The topological polar surface area (TPSA) is 49.3 Å². The van der Waals surface area contributed by atoms with Gasteiger partial charge >= 0.3 is 12.1 Å². The summed E-state index contributed by atoms with van der Waals surface area (Å²) in [5.74, 6) is -2.19. The summed E-state index contributed by atoms with van der Waals surface area (Å²) in [6, 6.07) is 1.75. The van der Waals surface area contributed by atoms with Gasteiger partial charge in [-0.05, 0) is 30.2 Å². The minimum Gasteiger partial charge on any atom is -0.480 e. The van der Waals surface area contributed by atoms with Crippen LogP contribution in [0.5, 0.6) is 0 Å². The summed E-state index contributed by atoms with van der Waals surface area (Å²) in [5, 5.41) is 10.7. The molecule has 0 aliphatic heterocycles. The molecule has 1 aromatic rings. The lowest BCUT2D eigenvalue weighted by Crippen LogP contribution is -2.36. The number of carboxylic acids is 1. The summed E-state index contributed by atoms with van der Waals surface area (Å²) in [5.41, 5.74) is 0.380. The third-order valence-electron chi connectivity index (χ3n) is 2.31. The number of aliphatic carboxylic acids is 1. The Bertz CT molecular complexity index is 445. The zero-order valence-corrected chi connectivity index (χ0v) is 9.38. The van der Waals surface area contributed by atoms with Gasteiger partial charge in [-0.1, -0.05) is 6.07 Å². The number of hydrogen-bond acceptors (Lipinski definition) is 2. The van der Waals surface area contributed by atoms with E-state index >= 15 is 0 Å². The van der Waals surface area contributed by atoms with Crippen molar-refractivity contribution in [3.8, 4) is 0 Å². The van der Waals surface area contributed by atoms with Crippen molar-refractivity contribution < 1.29 is 27.5 Å². The van der Waals surface area contributed by atoms with Crippen molar-refractivity contribution >= 4 is 5.97 Å². The minimum absolute atomic E-state index is 0.0215. The number of aryl methyl sites for hydroxylation is 1. The zero-order chi connectivity index (χ0) is 13.9. The molecule has 0 heterocycles. The van der Waals surface area contributed by atoms with Gasteiger partial charge in [0.05, 0.1) is 6.54 Å². The van der Waals surface area contributed by atoms with Gasteiger partial charge in [-0.2, -0.15) is 13.2 Å². The van der Waals surface area contributed by atoms with Crippen LogP contribution in [-0.4, -0.2) is 23.8 Å². The van der Waals surface area contributed by atoms with Crippen LogP contribution in [0.15, 0.2) is 18.2 Å². The highest BCUT2D eigenvalue weighted by Crippen LogP contribution is 2.21. The summed E-state index contributed by atoms with van der Waals surface area (Å²) in [7, 11) is 0. The molecular formula is C11H11F4NO2. The Morgan fingerprint density at radius 3 is 2.56 bits per heavy atom. The van der Waals surface area contributed by atoms with E-state index in [1.807, 2.05) is 5.32 Å². The van der Waals surface area contributed by atoms with Crippen LogP contribution < -0.4 is 5.32 Å². The van der Waals surface area contributed by atoms with Crippen LogP contribution in [0.4, 0.5) is 17.6 Å². The largest absolute Gasteiger partial charge is 0.480 e. The molecular weight excluding hydrogens is 254 g/mol. The molecule has 2 N–H and O–H groups in total. The molecule has 18 heavy (non-hydrogen) atoms. The van der Waals surface area contributed by atoms with Gasteiger partial charge in [0.2, 0.25) is 0 Å². The molecule has 0 saturated carbocycles. The Morgan fingerprint density at radius 2 is 2.06 bits per heavy atom. The molecule has 0 aliphatic carbocycles. The van der Waals surface area contributed by atoms with E-state index in [0.29, 0.717) is 5.56 Å². The first-order valence-electron chi connectivity index (χ1n) is 4.99. The number of halogens is 4. The smallest absolute Gasteiger partial charge is 0.401 e. The van der Waals surface area contributed by atoms with E-state index in [-0.39, 0.29) is 5.56 Å². The SMILES string of the molecule is Cc1ccc(F)cc1C(NCC(F)(F)F)C(=O)O. The normalized spacial score (nSPS) is 13.4. The molecule has 1 unspecified atom stereocenters. The molecule has 0 fully saturated rings. The Hall–Kier alpha value is -1.63. The lowest BCUT2D eigenvalue weighted by molar-refractivity contribution is -0.143. The van der Waals surface area contributed by atoms with Gasteiger partial charge in [-0.25, -0.2) is 4.39 Å². The molecule has 3 nitrogen and oxygen atoms in total.